The Balaban J connectivity index is 2.16. The minimum absolute atomic E-state index is 0.129. The molecule has 0 spiro atoms. The van der Waals surface area contributed by atoms with Crippen molar-refractivity contribution in [2.75, 3.05) is 20.3 Å². The first-order valence-corrected chi connectivity index (χ1v) is 7.82. The number of para-hydroxylation sites is 1. The molecule has 0 aliphatic heterocycles. The lowest BCUT2D eigenvalue weighted by molar-refractivity contribution is 0.000362. The van der Waals surface area contributed by atoms with Crippen LogP contribution in [0.3, 0.4) is 0 Å². The van der Waals surface area contributed by atoms with Gasteiger partial charge < -0.3 is 14.8 Å². The van der Waals surface area contributed by atoms with Crippen molar-refractivity contribution in [3.05, 3.63) is 65.5 Å². The predicted octanol–water partition coefficient (Wildman–Crippen LogP) is 3.52. The molecule has 0 heterocycles. The number of nitrogens with one attached hydrogen (secondary N) is 1. The van der Waals surface area contributed by atoms with E-state index in [0.717, 1.165) is 0 Å². The second kappa shape index (κ2) is 7.93. The highest BCUT2D eigenvalue weighted by Crippen LogP contribution is 2.26. The number of benzene rings is 2. The summed E-state index contributed by atoms with van der Waals surface area (Å²) in [6.45, 7) is 4.19. The molecule has 2 rings (SSSR count). The monoisotopic (exact) mass is 331 g/mol. The first kappa shape index (κ1) is 17.9. The normalized spacial score (nSPS) is 13.2. The molecule has 0 bridgehead atoms. The number of carbonyl (C=O) groups excluding carboxylic acids is 1. The molecule has 4 nitrogen and oxygen atoms in total. The molecular weight excluding hydrogens is 309 g/mol. The van der Waals surface area contributed by atoms with Crippen LogP contribution >= 0.6 is 0 Å². The Bertz CT molecular complexity index is 705. The van der Waals surface area contributed by atoms with E-state index < -0.39 is 5.60 Å². The lowest BCUT2D eigenvalue weighted by Gasteiger charge is -2.29. The van der Waals surface area contributed by atoms with Crippen LogP contribution < -0.4 is 10.1 Å². The first-order valence-electron chi connectivity index (χ1n) is 7.82. The molecule has 128 valence electrons. The van der Waals surface area contributed by atoms with Gasteiger partial charge in [0.1, 0.15) is 17.2 Å². The maximum Gasteiger partial charge on any atom is 0.255 e. The van der Waals surface area contributed by atoms with Crippen LogP contribution in [0.4, 0.5) is 4.39 Å². The standard InChI is InChI=1S/C19H22FNO3/c1-4-24-17-12-8-5-9-14(17)18(22)21-13-19(2,23-3)15-10-6-7-11-16(15)20/h5-12H,4,13H2,1-3H3,(H,21,22). The molecule has 5 heteroatoms. The zero-order chi connectivity index (χ0) is 17.6. The van der Waals surface area contributed by atoms with E-state index in [2.05, 4.69) is 5.32 Å². The zero-order valence-electron chi connectivity index (χ0n) is 14.1. The molecule has 0 saturated carbocycles. The summed E-state index contributed by atoms with van der Waals surface area (Å²) in [6, 6.07) is 13.4. The van der Waals surface area contributed by atoms with E-state index >= 15 is 0 Å². The molecule has 1 atom stereocenters. The third-order valence-electron chi connectivity index (χ3n) is 3.91. The Hall–Kier alpha value is -2.40. The van der Waals surface area contributed by atoms with Gasteiger partial charge in [-0.15, -0.1) is 0 Å². The summed E-state index contributed by atoms with van der Waals surface area (Å²) >= 11 is 0. The van der Waals surface area contributed by atoms with Gasteiger partial charge in [0.15, 0.2) is 0 Å². The smallest absolute Gasteiger partial charge is 0.255 e. The molecule has 0 fully saturated rings. The van der Waals surface area contributed by atoms with Gasteiger partial charge in [0.05, 0.1) is 18.7 Å². The highest BCUT2D eigenvalue weighted by molar-refractivity contribution is 5.96. The number of methoxy groups -OCH3 is 1. The summed E-state index contributed by atoms with van der Waals surface area (Å²) in [7, 11) is 1.49. The maximum atomic E-state index is 14.1. The molecule has 24 heavy (non-hydrogen) atoms. The van der Waals surface area contributed by atoms with Gasteiger partial charge in [0.25, 0.3) is 5.91 Å². The van der Waals surface area contributed by atoms with E-state index in [4.69, 9.17) is 9.47 Å². The van der Waals surface area contributed by atoms with Gasteiger partial charge in [0, 0.05) is 12.7 Å². The molecule has 2 aromatic rings. The maximum absolute atomic E-state index is 14.1. The number of carbonyl (C=O) groups is 1. The molecule has 1 N–H and O–H groups in total. The highest BCUT2D eigenvalue weighted by atomic mass is 19.1. The predicted molar refractivity (Wildman–Crippen MR) is 90.7 cm³/mol. The van der Waals surface area contributed by atoms with Crippen LogP contribution in [-0.2, 0) is 10.3 Å². The van der Waals surface area contributed by atoms with Crippen molar-refractivity contribution in [1.82, 2.24) is 5.32 Å². The van der Waals surface area contributed by atoms with Crippen molar-refractivity contribution in [1.29, 1.82) is 0 Å². The van der Waals surface area contributed by atoms with E-state index in [1.54, 1.807) is 49.4 Å². The average Bonchev–Trinajstić information content (AvgIpc) is 2.60. The summed E-state index contributed by atoms with van der Waals surface area (Å²) in [5.74, 6) is -0.146. The van der Waals surface area contributed by atoms with Crippen molar-refractivity contribution in [3.8, 4) is 5.75 Å². The lowest BCUT2D eigenvalue weighted by Crippen LogP contribution is -2.40. The largest absolute Gasteiger partial charge is 0.493 e. The van der Waals surface area contributed by atoms with E-state index in [0.29, 0.717) is 23.5 Å². The average molecular weight is 331 g/mol. The van der Waals surface area contributed by atoms with E-state index in [1.165, 1.54) is 13.2 Å². The van der Waals surface area contributed by atoms with Gasteiger partial charge in [-0.3, -0.25) is 4.79 Å². The van der Waals surface area contributed by atoms with Crippen LogP contribution in [0.5, 0.6) is 5.75 Å². The summed E-state index contributed by atoms with van der Waals surface area (Å²) in [5, 5.41) is 2.80. The summed E-state index contributed by atoms with van der Waals surface area (Å²) in [6.07, 6.45) is 0. The first-order chi connectivity index (χ1) is 11.5. The molecule has 2 aromatic carbocycles. The second-order valence-electron chi connectivity index (χ2n) is 5.53. The van der Waals surface area contributed by atoms with Crippen molar-refractivity contribution in [2.45, 2.75) is 19.4 Å². The van der Waals surface area contributed by atoms with Crippen molar-refractivity contribution in [3.63, 3.8) is 0 Å². The number of amides is 1. The molecule has 1 unspecified atom stereocenters. The Labute approximate surface area is 141 Å². The van der Waals surface area contributed by atoms with Gasteiger partial charge in [-0.05, 0) is 32.0 Å². The molecule has 0 aliphatic rings. The minimum Gasteiger partial charge on any atom is -0.493 e. The van der Waals surface area contributed by atoms with Gasteiger partial charge in [-0.2, -0.15) is 0 Å². The third kappa shape index (κ3) is 3.92. The zero-order valence-corrected chi connectivity index (χ0v) is 14.1. The number of hydrogen-bond donors (Lipinski definition) is 1. The van der Waals surface area contributed by atoms with Crippen LogP contribution in [0, 0.1) is 5.82 Å². The van der Waals surface area contributed by atoms with Crippen molar-refractivity contribution < 1.29 is 18.7 Å². The number of hydrogen-bond acceptors (Lipinski definition) is 3. The fraction of sp³-hybridized carbons (Fsp3) is 0.316. The quantitative estimate of drug-likeness (QED) is 0.844. The molecular formula is C19H22FNO3. The Morgan fingerprint density at radius 2 is 1.83 bits per heavy atom. The Morgan fingerprint density at radius 3 is 2.50 bits per heavy atom. The van der Waals surface area contributed by atoms with E-state index in [1.807, 2.05) is 6.92 Å². The van der Waals surface area contributed by atoms with Crippen LogP contribution in [0.25, 0.3) is 0 Å². The number of rotatable bonds is 7. The van der Waals surface area contributed by atoms with Gasteiger partial charge in [0.2, 0.25) is 0 Å². The summed E-state index contributed by atoms with van der Waals surface area (Å²) in [4.78, 5) is 12.5. The van der Waals surface area contributed by atoms with Crippen LogP contribution in [-0.4, -0.2) is 26.2 Å². The second-order valence-corrected chi connectivity index (χ2v) is 5.53. The van der Waals surface area contributed by atoms with Crippen LogP contribution in [0.15, 0.2) is 48.5 Å². The van der Waals surface area contributed by atoms with Gasteiger partial charge in [-0.25, -0.2) is 4.39 Å². The van der Waals surface area contributed by atoms with Crippen LogP contribution in [0.2, 0.25) is 0 Å². The van der Waals surface area contributed by atoms with Crippen LogP contribution in [0.1, 0.15) is 29.8 Å². The summed E-state index contributed by atoms with van der Waals surface area (Å²) in [5.41, 5.74) is -0.140. The summed E-state index contributed by atoms with van der Waals surface area (Å²) < 4.78 is 25.0. The molecule has 0 saturated heterocycles. The highest BCUT2D eigenvalue weighted by Gasteiger charge is 2.30. The SMILES string of the molecule is CCOc1ccccc1C(=O)NCC(C)(OC)c1ccccc1F. The van der Waals surface area contributed by atoms with Gasteiger partial charge >= 0.3 is 0 Å². The minimum atomic E-state index is -0.971. The Morgan fingerprint density at radius 1 is 1.17 bits per heavy atom. The lowest BCUT2D eigenvalue weighted by atomic mass is 9.95. The molecule has 0 radical (unpaired) electrons. The molecule has 1 amide bonds. The van der Waals surface area contributed by atoms with Crippen molar-refractivity contribution >= 4 is 5.91 Å². The fourth-order valence-electron chi connectivity index (χ4n) is 2.45. The topological polar surface area (TPSA) is 47.6 Å². The third-order valence-corrected chi connectivity index (χ3v) is 3.91. The fourth-order valence-corrected chi connectivity index (χ4v) is 2.45. The van der Waals surface area contributed by atoms with E-state index in [-0.39, 0.29) is 18.3 Å². The molecule has 0 aliphatic carbocycles. The van der Waals surface area contributed by atoms with E-state index in [9.17, 15) is 9.18 Å². The van der Waals surface area contributed by atoms with Crippen molar-refractivity contribution in [2.24, 2.45) is 0 Å². The molecule has 0 aromatic heterocycles. The Kier molecular flexibility index (Phi) is 5.93. The number of ether oxygens (including phenoxy) is 2. The number of halogens is 1. The van der Waals surface area contributed by atoms with Gasteiger partial charge in [-0.1, -0.05) is 30.3 Å².